The highest BCUT2D eigenvalue weighted by molar-refractivity contribution is 7.21. The molecule has 0 aliphatic rings. The number of nitrogen functional groups attached to an aromatic ring is 1. The first-order valence-electron chi connectivity index (χ1n) is 5.56. The normalized spacial score (nSPS) is 11.0. The van der Waals surface area contributed by atoms with Crippen LogP contribution in [0.4, 0.5) is 10.1 Å². The van der Waals surface area contributed by atoms with E-state index in [0.717, 1.165) is 10.2 Å². The fourth-order valence-electron chi connectivity index (χ4n) is 1.85. The Hall–Kier alpha value is -1.94. The van der Waals surface area contributed by atoms with Gasteiger partial charge in [-0.15, -0.1) is 11.3 Å². The van der Waals surface area contributed by atoms with Crippen LogP contribution >= 0.6 is 11.3 Å². The largest absolute Gasteiger partial charge is 0.399 e. The third-order valence-electron chi connectivity index (χ3n) is 2.76. The topological polar surface area (TPSA) is 38.9 Å². The SMILES string of the molecule is Cc1ccc2nc(-c3cc(N)ccc3F)sc2c1. The van der Waals surface area contributed by atoms with Gasteiger partial charge in [0, 0.05) is 11.3 Å². The summed E-state index contributed by atoms with van der Waals surface area (Å²) in [4.78, 5) is 4.45. The summed E-state index contributed by atoms with van der Waals surface area (Å²) in [5.74, 6) is -0.292. The number of nitrogens with two attached hydrogens (primary N) is 1. The Kier molecular flexibility index (Phi) is 2.52. The molecule has 0 aliphatic carbocycles. The van der Waals surface area contributed by atoms with Gasteiger partial charge in [-0.2, -0.15) is 0 Å². The smallest absolute Gasteiger partial charge is 0.133 e. The van der Waals surface area contributed by atoms with Gasteiger partial charge in [0.2, 0.25) is 0 Å². The molecule has 0 atom stereocenters. The second-order valence-corrected chi connectivity index (χ2v) is 5.26. The van der Waals surface area contributed by atoms with Crippen molar-refractivity contribution in [1.82, 2.24) is 4.98 Å². The number of benzene rings is 2. The maximum absolute atomic E-state index is 13.8. The minimum absolute atomic E-state index is 0.292. The highest BCUT2D eigenvalue weighted by atomic mass is 32.1. The molecule has 3 rings (SSSR count). The van der Waals surface area contributed by atoms with E-state index >= 15 is 0 Å². The zero-order chi connectivity index (χ0) is 12.7. The highest BCUT2D eigenvalue weighted by Crippen LogP contribution is 2.32. The number of anilines is 1. The molecule has 0 radical (unpaired) electrons. The molecule has 4 heteroatoms. The van der Waals surface area contributed by atoms with Gasteiger partial charge >= 0.3 is 0 Å². The Labute approximate surface area is 108 Å². The van der Waals surface area contributed by atoms with Gasteiger partial charge in [-0.1, -0.05) is 6.07 Å². The van der Waals surface area contributed by atoms with Crippen LogP contribution in [0.5, 0.6) is 0 Å². The first-order chi connectivity index (χ1) is 8.63. The molecule has 1 aromatic heterocycles. The van der Waals surface area contributed by atoms with Crippen LogP contribution in [0.25, 0.3) is 20.8 Å². The number of aryl methyl sites for hydroxylation is 1. The second-order valence-electron chi connectivity index (χ2n) is 4.23. The number of fused-ring (bicyclic) bond motifs is 1. The van der Waals surface area contributed by atoms with Crippen molar-refractivity contribution in [2.45, 2.75) is 6.92 Å². The molecule has 18 heavy (non-hydrogen) atoms. The molecular weight excluding hydrogens is 247 g/mol. The van der Waals surface area contributed by atoms with Crippen LogP contribution in [0.3, 0.4) is 0 Å². The molecule has 0 aliphatic heterocycles. The molecule has 0 fully saturated rings. The Morgan fingerprint density at radius 2 is 2.00 bits per heavy atom. The van der Waals surface area contributed by atoms with Gasteiger partial charge in [-0.3, -0.25) is 0 Å². The fourth-order valence-corrected chi connectivity index (χ4v) is 2.94. The molecule has 0 saturated carbocycles. The Balaban J connectivity index is 2.22. The summed E-state index contributed by atoms with van der Waals surface area (Å²) in [6.45, 7) is 2.03. The Morgan fingerprint density at radius 1 is 1.17 bits per heavy atom. The second kappa shape index (κ2) is 4.07. The Bertz CT molecular complexity index is 734. The number of aromatic nitrogens is 1. The van der Waals surface area contributed by atoms with E-state index in [9.17, 15) is 4.39 Å². The van der Waals surface area contributed by atoms with Crippen molar-refractivity contribution in [3.63, 3.8) is 0 Å². The molecule has 1 heterocycles. The summed E-state index contributed by atoms with van der Waals surface area (Å²) >= 11 is 1.48. The number of thiazole rings is 1. The lowest BCUT2D eigenvalue weighted by atomic mass is 10.2. The average molecular weight is 258 g/mol. The van der Waals surface area contributed by atoms with Gasteiger partial charge in [-0.05, 0) is 42.8 Å². The summed E-state index contributed by atoms with van der Waals surface area (Å²) in [7, 11) is 0. The molecule has 0 saturated heterocycles. The maximum Gasteiger partial charge on any atom is 0.133 e. The number of hydrogen-bond acceptors (Lipinski definition) is 3. The summed E-state index contributed by atoms with van der Waals surface area (Å²) in [6, 6.07) is 10.6. The predicted octanol–water partition coefficient (Wildman–Crippen LogP) is 3.99. The van der Waals surface area contributed by atoms with Gasteiger partial charge in [-0.25, -0.2) is 9.37 Å². The first kappa shape index (κ1) is 11.2. The number of nitrogens with zero attached hydrogens (tertiary/aromatic N) is 1. The zero-order valence-corrected chi connectivity index (χ0v) is 10.6. The van der Waals surface area contributed by atoms with Crippen molar-refractivity contribution in [3.8, 4) is 10.6 Å². The van der Waals surface area contributed by atoms with E-state index in [1.54, 1.807) is 12.1 Å². The van der Waals surface area contributed by atoms with Crippen LogP contribution in [0.1, 0.15) is 5.56 Å². The van der Waals surface area contributed by atoms with Crippen LogP contribution in [-0.2, 0) is 0 Å². The van der Waals surface area contributed by atoms with Gasteiger partial charge in [0.05, 0.1) is 10.2 Å². The van der Waals surface area contributed by atoms with Gasteiger partial charge in [0.25, 0.3) is 0 Å². The van der Waals surface area contributed by atoms with Crippen molar-refractivity contribution >= 4 is 27.2 Å². The third-order valence-corrected chi connectivity index (χ3v) is 3.82. The molecule has 2 nitrogen and oxygen atoms in total. The molecule has 2 aromatic carbocycles. The van der Waals surface area contributed by atoms with E-state index in [1.807, 2.05) is 19.1 Å². The lowest BCUT2D eigenvalue weighted by molar-refractivity contribution is 0.631. The van der Waals surface area contributed by atoms with E-state index in [4.69, 9.17) is 5.73 Å². The van der Waals surface area contributed by atoms with Crippen LogP contribution in [0, 0.1) is 12.7 Å². The minimum Gasteiger partial charge on any atom is -0.399 e. The quantitative estimate of drug-likeness (QED) is 0.670. The molecule has 90 valence electrons. The maximum atomic E-state index is 13.8. The van der Waals surface area contributed by atoms with Gasteiger partial charge in [0.15, 0.2) is 0 Å². The number of halogens is 1. The fraction of sp³-hybridized carbons (Fsp3) is 0.0714. The molecule has 3 aromatic rings. The van der Waals surface area contributed by atoms with Crippen molar-refractivity contribution < 1.29 is 4.39 Å². The van der Waals surface area contributed by atoms with Crippen molar-refractivity contribution in [2.24, 2.45) is 0 Å². The van der Waals surface area contributed by atoms with E-state index in [-0.39, 0.29) is 5.82 Å². The van der Waals surface area contributed by atoms with Crippen molar-refractivity contribution in [3.05, 3.63) is 47.8 Å². The predicted molar refractivity (Wildman–Crippen MR) is 74.2 cm³/mol. The van der Waals surface area contributed by atoms with E-state index in [0.29, 0.717) is 16.3 Å². The summed E-state index contributed by atoms with van der Waals surface area (Å²) in [5, 5.41) is 0.667. The number of rotatable bonds is 1. The lowest BCUT2D eigenvalue weighted by Gasteiger charge is -1.99. The lowest BCUT2D eigenvalue weighted by Crippen LogP contribution is -1.88. The van der Waals surface area contributed by atoms with Gasteiger partial charge < -0.3 is 5.73 Å². The standard InChI is InChI=1S/C14H11FN2S/c1-8-2-5-12-13(6-8)18-14(17-12)10-7-9(16)3-4-11(10)15/h2-7H,16H2,1H3. The van der Waals surface area contributed by atoms with Crippen molar-refractivity contribution in [2.75, 3.05) is 5.73 Å². The monoisotopic (exact) mass is 258 g/mol. The van der Waals surface area contributed by atoms with E-state index in [1.165, 1.54) is 23.0 Å². The van der Waals surface area contributed by atoms with Crippen LogP contribution in [0.2, 0.25) is 0 Å². The van der Waals surface area contributed by atoms with E-state index in [2.05, 4.69) is 11.1 Å². The van der Waals surface area contributed by atoms with Crippen LogP contribution in [-0.4, -0.2) is 4.98 Å². The molecular formula is C14H11FN2S. The zero-order valence-electron chi connectivity index (χ0n) is 9.77. The van der Waals surface area contributed by atoms with Crippen molar-refractivity contribution in [1.29, 1.82) is 0 Å². The average Bonchev–Trinajstić information content (AvgIpc) is 2.74. The highest BCUT2D eigenvalue weighted by Gasteiger charge is 2.11. The molecule has 0 unspecified atom stereocenters. The number of hydrogen-bond donors (Lipinski definition) is 1. The van der Waals surface area contributed by atoms with Crippen LogP contribution < -0.4 is 5.73 Å². The first-order valence-corrected chi connectivity index (χ1v) is 6.38. The van der Waals surface area contributed by atoms with E-state index < -0.39 is 0 Å². The molecule has 0 bridgehead atoms. The Morgan fingerprint density at radius 3 is 2.83 bits per heavy atom. The summed E-state index contributed by atoms with van der Waals surface area (Å²) in [5.41, 5.74) is 8.77. The van der Waals surface area contributed by atoms with Gasteiger partial charge in [0.1, 0.15) is 10.8 Å². The third kappa shape index (κ3) is 1.84. The minimum atomic E-state index is -0.292. The van der Waals surface area contributed by atoms with Crippen LogP contribution in [0.15, 0.2) is 36.4 Å². The molecule has 0 amide bonds. The molecule has 2 N–H and O–H groups in total. The summed E-state index contributed by atoms with van der Waals surface area (Å²) < 4.78 is 14.8. The molecule has 0 spiro atoms. The summed E-state index contributed by atoms with van der Waals surface area (Å²) in [6.07, 6.45) is 0.